The van der Waals surface area contributed by atoms with Gasteiger partial charge < -0.3 is 26.4 Å². The highest BCUT2D eigenvalue weighted by atomic mass is 32.2. The molecule has 6 N–H and O–H groups in total. The Morgan fingerprint density at radius 2 is 1.95 bits per heavy atom. The molecule has 3 aromatic heterocycles. The second-order valence-electron chi connectivity index (χ2n) is 9.37. The van der Waals surface area contributed by atoms with Gasteiger partial charge in [0.2, 0.25) is 10.0 Å². The molecule has 0 aliphatic carbocycles. The predicted octanol–water partition coefficient (Wildman–Crippen LogP) is 1.63. The minimum absolute atomic E-state index is 0.0793. The van der Waals surface area contributed by atoms with Gasteiger partial charge in [-0.25, -0.2) is 27.9 Å². The Labute approximate surface area is 227 Å². The summed E-state index contributed by atoms with van der Waals surface area (Å²) in [7, 11) is -3.60. The standard InChI is InChI=1S/C25H25N9O5S/c26-22-20-21(16-3-4-19-18(10-16)31-24(27)39-19)32-34(23(20)30-13-29-22)11-14-1-2-17-12-33(6-5-15(17)9-14)40(36,37)8-7-38-25(28)35/h1-4,9-10,13H,5-8,11-12H2,(H2,27,31)(H2,28,35)(H2,26,29,30). The minimum atomic E-state index is -3.60. The number of carbonyl (C=O) groups excluding carboxylic acids is 1. The quantitative estimate of drug-likeness (QED) is 0.259. The average Bonchev–Trinajstić information content (AvgIpc) is 3.47. The molecule has 0 atom stereocenters. The smallest absolute Gasteiger partial charge is 0.404 e. The Balaban J connectivity index is 1.27. The molecule has 2 aromatic carbocycles. The summed E-state index contributed by atoms with van der Waals surface area (Å²) >= 11 is 0. The van der Waals surface area contributed by atoms with Gasteiger partial charge in [-0.3, -0.25) is 0 Å². The van der Waals surface area contributed by atoms with E-state index in [4.69, 9.17) is 26.7 Å². The first-order valence-electron chi connectivity index (χ1n) is 12.3. The van der Waals surface area contributed by atoms with Crippen LogP contribution in [0.15, 0.2) is 47.1 Å². The summed E-state index contributed by atoms with van der Waals surface area (Å²) in [5.41, 5.74) is 22.9. The van der Waals surface area contributed by atoms with Crippen molar-refractivity contribution in [3.63, 3.8) is 0 Å². The summed E-state index contributed by atoms with van der Waals surface area (Å²) in [6, 6.07) is 11.4. The molecule has 5 aromatic rings. The van der Waals surface area contributed by atoms with Crippen LogP contribution in [-0.4, -0.2) is 62.5 Å². The number of fused-ring (bicyclic) bond motifs is 3. The van der Waals surface area contributed by atoms with Gasteiger partial charge in [-0.15, -0.1) is 0 Å². The number of anilines is 2. The Hall–Kier alpha value is -4.76. The molecule has 1 aliphatic rings. The number of benzene rings is 2. The summed E-state index contributed by atoms with van der Waals surface area (Å²) < 4.78 is 38.5. The lowest BCUT2D eigenvalue weighted by atomic mass is 9.98. The van der Waals surface area contributed by atoms with E-state index in [1.165, 1.54) is 10.6 Å². The van der Waals surface area contributed by atoms with E-state index in [0.717, 1.165) is 22.3 Å². The zero-order valence-corrected chi connectivity index (χ0v) is 22.0. The van der Waals surface area contributed by atoms with Crippen molar-refractivity contribution in [2.24, 2.45) is 5.73 Å². The first-order chi connectivity index (χ1) is 19.2. The first kappa shape index (κ1) is 25.5. The van der Waals surface area contributed by atoms with Crippen molar-refractivity contribution in [1.29, 1.82) is 0 Å². The molecule has 206 valence electrons. The molecule has 0 bridgehead atoms. The van der Waals surface area contributed by atoms with Crippen LogP contribution < -0.4 is 17.2 Å². The molecular weight excluding hydrogens is 538 g/mol. The number of sulfonamides is 1. The van der Waals surface area contributed by atoms with Gasteiger partial charge in [-0.05, 0) is 41.3 Å². The molecule has 0 spiro atoms. The van der Waals surface area contributed by atoms with E-state index in [1.807, 2.05) is 24.3 Å². The SMILES string of the molecule is NC(=O)OCCS(=O)(=O)N1CCc2cc(Cn3nc(-c4ccc5oc(N)nc5c4)c4c(N)ncnc43)ccc2C1. The fraction of sp³-hybridized carbons (Fsp3) is 0.240. The van der Waals surface area contributed by atoms with Crippen molar-refractivity contribution in [2.75, 3.05) is 30.4 Å². The molecule has 14 nitrogen and oxygen atoms in total. The fourth-order valence-corrected chi connectivity index (χ4v) is 6.16. The van der Waals surface area contributed by atoms with Crippen molar-refractivity contribution in [3.05, 3.63) is 59.4 Å². The van der Waals surface area contributed by atoms with Crippen LogP contribution >= 0.6 is 0 Å². The van der Waals surface area contributed by atoms with Crippen molar-refractivity contribution >= 4 is 50.1 Å². The first-order valence-corrected chi connectivity index (χ1v) is 13.9. The molecule has 0 fully saturated rings. The normalized spacial score (nSPS) is 14.0. The van der Waals surface area contributed by atoms with Crippen LogP contribution in [0.4, 0.5) is 16.6 Å². The Bertz CT molecular complexity index is 1880. The molecular formula is C25H25N9O5S. The number of nitrogens with two attached hydrogens (primary N) is 3. The lowest BCUT2D eigenvalue weighted by Crippen LogP contribution is -2.38. The van der Waals surface area contributed by atoms with Gasteiger partial charge >= 0.3 is 6.09 Å². The van der Waals surface area contributed by atoms with E-state index >= 15 is 0 Å². The zero-order chi connectivity index (χ0) is 28.0. The lowest BCUT2D eigenvalue weighted by molar-refractivity contribution is 0.163. The summed E-state index contributed by atoms with van der Waals surface area (Å²) in [4.78, 5) is 23.6. The van der Waals surface area contributed by atoms with E-state index in [-0.39, 0.29) is 24.9 Å². The monoisotopic (exact) mass is 563 g/mol. The highest BCUT2D eigenvalue weighted by molar-refractivity contribution is 7.89. The molecule has 0 saturated carbocycles. The van der Waals surface area contributed by atoms with Gasteiger partial charge in [0, 0.05) is 18.7 Å². The van der Waals surface area contributed by atoms with Crippen molar-refractivity contribution in [3.8, 4) is 11.3 Å². The number of oxazole rings is 1. The van der Waals surface area contributed by atoms with E-state index < -0.39 is 16.1 Å². The largest absolute Gasteiger partial charge is 0.449 e. The van der Waals surface area contributed by atoms with Gasteiger partial charge in [-0.1, -0.05) is 18.2 Å². The maximum absolute atomic E-state index is 12.7. The molecule has 15 heteroatoms. The van der Waals surface area contributed by atoms with Gasteiger partial charge in [0.1, 0.15) is 30.0 Å². The number of ether oxygens (including phenoxy) is 1. The zero-order valence-electron chi connectivity index (χ0n) is 21.1. The van der Waals surface area contributed by atoms with Crippen LogP contribution in [0.2, 0.25) is 0 Å². The average molecular weight is 564 g/mol. The van der Waals surface area contributed by atoms with Crippen LogP contribution in [0, 0.1) is 0 Å². The molecule has 0 unspecified atom stereocenters. The van der Waals surface area contributed by atoms with Crippen LogP contribution in [0.5, 0.6) is 0 Å². The second-order valence-corrected chi connectivity index (χ2v) is 11.5. The number of aromatic nitrogens is 5. The maximum atomic E-state index is 12.7. The van der Waals surface area contributed by atoms with Crippen molar-refractivity contribution in [1.82, 2.24) is 29.0 Å². The number of nitrogen functional groups attached to an aromatic ring is 2. The third-order valence-corrected chi connectivity index (χ3v) is 8.58. The van der Waals surface area contributed by atoms with Crippen LogP contribution in [0.1, 0.15) is 16.7 Å². The summed E-state index contributed by atoms with van der Waals surface area (Å²) in [5.74, 6) is -0.0148. The number of primary amides is 1. The highest BCUT2D eigenvalue weighted by Crippen LogP contribution is 2.33. The number of carbonyl (C=O) groups is 1. The van der Waals surface area contributed by atoms with Crippen molar-refractivity contribution in [2.45, 2.75) is 19.5 Å². The van der Waals surface area contributed by atoms with E-state index in [2.05, 4.69) is 25.8 Å². The molecule has 0 radical (unpaired) electrons. The van der Waals surface area contributed by atoms with Gasteiger partial charge in [0.05, 0.1) is 17.7 Å². The highest BCUT2D eigenvalue weighted by Gasteiger charge is 2.27. The topological polar surface area (TPSA) is 211 Å². The van der Waals surface area contributed by atoms with Crippen LogP contribution in [-0.2, 0) is 34.3 Å². The maximum Gasteiger partial charge on any atom is 0.404 e. The number of hydrogen-bond donors (Lipinski definition) is 3. The van der Waals surface area contributed by atoms with E-state index in [9.17, 15) is 13.2 Å². The third-order valence-electron chi connectivity index (χ3n) is 6.80. The van der Waals surface area contributed by atoms with Gasteiger partial charge in [0.15, 0.2) is 11.2 Å². The number of hydrogen-bond acceptors (Lipinski definition) is 11. The molecule has 6 rings (SSSR count). The Kier molecular flexibility index (Phi) is 6.23. The Morgan fingerprint density at radius 3 is 2.77 bits per heavy atom. The number of rotatable bonds is 7. The molecule has 40 heavy (non-hydrogen) atoms. The van der Waals surface area contributed by atoms with Crippen molar-refractivity contribution < 1.29 is 22.4 Å². The fourth-order valence-electron chi connectivity index (χ4n) is 4.90. The number of nitrogens with zero attached hydrogens (tertiary/aromatic N) is 6. The van der Waals surface area contributed by atoms with Gasteiger partial charge in [0.25, 0.3) is 6.01 Å². The summed E-state index contributed by atoms with van der Waals surface area (Å²) in [6.45, 7) is 0.686. The van der Waals surface area contributed by atoms with E-state index in [0.29, 0.717) is 53.2 Å². The lowest BCUT2D eigenvalue weighted by Gasteiger charge is -2.28. The number of amides is 1. The predicted molar refractivity (Wildman–Crippen MR) is 146 cm³/mol. The second kappa shape index (κ2) is 9.77. The summed E-state index contributed by atoms with van der Waals surface area (Å²) in [6.07, 6.45) is 0.941. The minimum Gasteiger partial charge on any atom is -0.449 e. The van der Waals surface area contributed by atoms with Crippen LogP contribution in [0.25, 0.3) is 33.4 Å². The van der Waals surface area contributed by atoms with E-state index in [1.54, 1.807) is 10.7 Å². The molecule has 0 saturated heterocycles. The Morgan fingerprint density at radius 1 is 1.10 bits per heavy atom. The van der Waals surface area contributed by atoms with Crippen LogP contribution in [0.3, 0.4) is 0 Å². The molecule has 1 aliphatic heterocycles. The summed E-state index contributed by atoms with van der Waals surface area (Å²) in [5, 5.41) is 5.46. The third kappa shape index (κ3) is 4.76. The molecule has 4 heterocycles. The van der Waals surface area contributed by atoms with Gasteiger partial charge in [-0.2, -0.15) is 14.4 Å². The molecule has 1 amide bonds.